The first-order valence-corrected chi connectivity index (χ1v) is 25.4. The average molecular weight is 957 g/mol. The van der Waals surface area contributed by atoms with Gasteiger partial charge in [0.05, 0.1) is 44.5 Å². The van der Waals surface area contributed by atoms with Crippen molar-refractivity contribution in [2.45, 2.75) is 0 Å². The van der Waals surface area contributed by atoms with Crippen LogP contribution in [0.2, 0.25) is 0 Å². The first kappa shape index (κ1) is 42.5. The van der Waals surface area contributed by atoms with Crippen molar-refractivity contribution in [3.05, 3.63) is 267 Å². The van der Waals surface area contributed by atoms with Gasteiger partial charge in [-0.3, -0.25) is 4.57 Å². The molecule has 0 aliphatic rings. The van der Waals surface area contributed by atoms with Gasteiger partial charge >= 0.3 is 0 Å². The van der Waals surface area contributed by atoms with Gasteiger partial charge in [-0.25, -0.2) is 4.98 Å². The molecule has 4 aromatic heterocycles. The minimum absolute atomic E-state index is 0.538. The van der Waals surface area contributed by atoms with Crippen molar-refractivity contribution in [2.24, 2.45) is 0 Å². The summed E-state index contributed by atoms with van der Waals surface area (Å²) in [7, 11) is 0. The number of rotatable bonds is 8. The zero-order valence-corrected chi connectivity index (χ0v) is 40.6. The van der Waals surface area contributed by atoms with Gasteiger partial charge in [0.2, 0.25) is 5.95 Å². The lowest BCUT2D eigenvalue weighted by Crippen LogP contribution is -2.07. The van der Waals surface area contributed by atoms with Crippen LogP contribution in [0.4, 0.5) is 0 Å². The van der Waals surface area contributed by atoms with E-state index in [9.17, 15) is 0 Å². The Morgan fingerprint density at radius 3 is 0.973 bits per heavy atom. The van der Waals surface area contributed by atoms with Crippen molar-refractivity contribution in [3.8, 4) is 73.5 Å². The maximum atomic E-state index is 5.54. The molecule has 0 aliphatic heterocycles. The van der Waals surface area contributed by atoms with E-state index in [-0.39, 0.29) is 0 Å². The number of hydrogen-bond acceptors (Lipinski definition) is 3. The summed E-state index contributed by atoms with van der Waals surface area (Å²) in [6.45, 7) is 0. The van der Waals surface area contributed by atoms with E-state index in [0.717, 1.165) is 94.2 Å². The lowest BCUT2D eigenvalue weighted by Gasteiger charge is -2.18. The van der Waals surface area contributed by atoms with E-state index in [1.165, 1.54) is 27.1 Å². The van der Waals surface area contributed by atoms with Gasteiger partial charge in [0.1, 0.15) is 0 Å². The molecule has 0 N–H and O–H groups in total. The first-order valence-electron chi connectivity index (χ1n) is 25.4. The molecule has 0 spiro atoms. The van der Waals surface area contributed by atoms with Crippen LogP contribution in [0.3, 0.4) is 0 Å². The van der Waals surface area contributed by atoms with Crippen LogP contribution < -0.4 is 0 Å². The zero-order valence-electron chi connectivity index (χ0n) is 40.6. The Balaban J connectivity index is 1.01. The van der Waals surface area contributed by atoms with E-state index in [2.05, 4.69) is 281 Å². The smallest absolute Gasteiger partial charge is 0.238 e. The van der Waals surface area contributed by atoms with E-state index in [0.29, 0.717) is 17.6 Å². The fourth-order valence-electron chi connectivity index (χ4n) is 11.5. The molecule has 0 atom stereocenters. The molecule has 0 saturated heterocycles. The third-order valence-corrected chi connectivity index (χ3v) is 14.9. The quantitative estimate of drug-likeness (QED) is 0.152. The molecule has 0 saturated carbocycles. The Morgan fingerprint density at radius 2 is 0.547 bits per heavy atom. The number of aromatic nitrogens is 6. The summed E-state index contributed by atoms with van der Waals surface area (Å²) in [5.74, 6) is 1.67. The Hall–Kier alpha value is -10.2. The minimum Gasteiger partial charge on any atom is -0.309 e. The fourth-order valence-corrected chi connectivity index (χ4v) is 11.5. The van der Waals surface area contributed by atoms with Gasteiger partial charge in [-0.05, 0) is 76.9 Å². The Labute approximate surface area is 432 Å². The number of benzene rings is 11. The molecule has 0 radical (unpaired) electrons. The molecule has 350 valence electrons. The van der Waals surface area contributed by atoms with E-state index < -0.39 is 0 Å². The van der Waals surface area contributed by atoms with Crippen LogP contribution in [0.15, 0.2) is 267 Å². The number of nitrogens with zero attached hydrogens (tertiary/aromatic N) is 6. The first-order chi connectivity index (χ1) is 37.2. The zero-order chi connectivity index (χ0) is 49.4. The molecule has 0 fully saturated rings. The average Bonchev–Trinajstić information content (AvgIpc) is 4.18. The van der Waals surface area contributed by atoms with Crippen LogP contribution >= 0.6 is 0 Å². The molecule has 0 aliphatic carbocycles. The fraction of sp³-hybridized carbons (Fsp3) is 0. The van der Waals surface area contributed by atoms with E-state index in [1.54, 1.807) is 0 Å². The van der Waals surface area contributed by atoms with Gasteiger partial charge in [-0.15, -0.1) is 0 Å². The molecule has 4 heterocycles. The van der Waals surface area contributed by atoms with E-state index in [4.69, 9.17) is 15.0 Å². The van der Waals surface area contributed by atoms with Crippen molar-refractivity contribution in [3.63, 3.8) is 0 Å². The van der Waals surface area contributed by atoms with Crippen molar-refractivity contribution >= 4 is 65.4 Å². The molecule has 0 bridgehead atoms. The second-order valence-electron chi connectivity index (χ2n) is 19.2. The number of fused-ring (bicyclic) bond motifs is 9. The maximum absolute atomic E-state index is 5.54. The summed E-state index contributed by atoms with van der Waals surface area (Å²) in [5.41, 5.74) is 17.1. The minimum atomic E-state index is 0.538. The molecule has 6 nitrogen and oxygen atoms in total. The molecule has 75 heavy (non-hydrogen) atoms. The summed E-state index contributed by atoms with van der Waals surface area (Å²) in [5, 5.41) is 7.04. The van der Waals surface area contributed by atoms with Gasteiger partial charge < -0.3 is 9.13 Å². The molecule has 15 aromatic rings. The Morgan fingerprint density at radius 1 is 0.213 bits per heavy atom. The highest BCUT2D eigenvalue weighted by Crippen LogP contribution is 2.42. The lowest BCUT2D eigenvalue weighted by atomic mass is 9.96. The van der Waals surface area contributed by atoms with Crippen LogP contribution in [-0.2, 0) is 0 Å². The molecule has 6 heteroatoms. The normalized spacial score (nSPS) is 11.7. The Kier molecular flexibility index (Phi) is 9.78. The van der Waals surface area contributed by atoms with Crippen LogP contribution in [-0.4, -0.2) is 28.7 Å². The lowest BCUT2D eigenvalue weighted by molar-refractivity contribution is 0.953. The molecular formula is C69H44N6. The van der Waals surface area contributed by atoms with Crippen molar-refractivity contribution in [1.82, 2.24) is 28.7 Å². The highest BCUT2D eigenvalue weighted by Gasteiger charge is 2.23. The van der Waals surface area contributed by atoms with Gasteiger partial charge in [0.15, 0.2) is 11.6 Å². The summed E-state index contributed by atoms with van der Waals surface area (Å²) in [6.07, 6.45) is 0. The van der Waals surface area contributed by atoms with E-state index >= 15 is 0 Å². The predicted molar refractivity (Wildman–Crippen MR) is 310 cm³/mol. The summed E-state index contributed by atoms with van der Waals surface area (Å²) in [6, 6.07) is 95.3. The largest absolute Gasteiger partial charge is 0.309 e. The van der Waals surface area contributed by atoms with Gasteiger partial charge in [-0.2, -0.15) is 9.97 Å². The number of hydrogen-bond donors (Lipinski definition) is 0. The molecular weight excluding hydrogens is 913 g/mol. The van der Waals surface area contributed by atoms with Crippen LogP contribution in [0.5, 0.6) is 0 Å². The molecule has 0 unspecified atom stereocenters. The standard InChI is InChI=1S/C69H44N6/c1-3-20-45(21-4-1)47-24-19-25-48(42-47)52-41-39-50(44-66(52)74-61-34-15-9-28-55(61)56-29-10-16-35-62(56)74)68-70-67(71-69(72-68)75-63-36-17-11-30-57(63)58-31-12-18-37-64(58)75)49-38-40-51(46-22-5-2-6-23-46)65(43-49)73-59-32-13-7-26-53(59)54-27-8-14-33-60(54)73/h1-44H. The second kappa shape index (κ2) is 17.3. The van der Waals surface area contributed by atoms with Gasteiger partial charge in [-0.1, -0.05) is 212 Å². The van der Waals surface area contributed by atoms with Gasteiger partial charge in [0, 0.05) is 54.6 Å². The topological polar surface area (TPSA) is 53.5 Å². The van der Waals surface area contributed by atoms with Crippen molar-refractivity contribution in [1.29, 1.82) is 0 Å². The van der Waals surface area contributed by atoms with E-state index in [1.807, 2.05) is 0 Å². The van der Waals surface area contributed by atoms with Crippen molar-refractivity contribution in [2.75, 3.05) is 0 Å². The molecule has 0 amide bonds. The summed E-state index contributed by atoms with van der Waals surface area (Å²) < 4.78 is 7.01. The summed E-state index contributed by atoms with van der Waals surface area (Å²) in [4.78, 5) is 16.6. The third kappa shape index (κ3) is 6.92. The molecule has 11 aromatic carbocycles. The highest BCUT2D eigenvalue weighted by molar-refractivity contribution is 6.12. The number of para-hydroxylation sites is 6. The van der Waals surface area contributed by atoms with Crippen LogP contribution in [0, 0.1) is 0 Å². The van der Waals surface area contributed by atoms with Crippen molar-refractivity contribution < 1.29 is 0 Å². The SMILES string of the molecule is c1ccc(-c2cccc(-c3ccc(-c4nc(-c5ccc(-c6ccccc6)c(-n6c7ccccc7c7ccccc76)c5)nc(-n5c6ccccc6c6ccccc65)n4)cc3-n3c4ccccc4c4ccccc43)c2)cc1. The summed E-state index contributed by atoms with van der Waals surface area (Å²) >= 11 is 0. The third-order valence-electron chi connectivity index (χ3n) is 14.9. The van der Waals surface area contributed by atoms with Crippen LogP contribution in [0.25, 0.3) is 139 Å². The predicted octanol–water partition coefficient (Wildman–Crippen LogP) is 17.5. The van der Waals surface area contributed by atoms with Gasteiger partial charge in [0.25, 0.3) is 0 Å². The highest BCUT2D eigenvalue weighted by atomic mass is 15.2. The maximum Gasteiger partial charge on any atom is 0.238 e. The monoisotopic (exact) mass is 956 g/mol. The van der Waals surface area contributed by atoms with Crippen LogP contribution in [0.1, 0.15) is 0 Å². The second-order valence-corrected chi connectivity index (χ2v) is 19.2. The molecule has 15 rings (SSSR count). The Bertz CT molecular complexity index is 4560.